The number of halogens is 1. The van der Waals surface area contributed by atoms with Gasteiger partial charge in [-0.05, 0) is 52.0 Å². The van der Waals surface area contributed by atoms with Gasteiger partial charge in [-0.15, -0.1) is 11.3 Å². The number of thiophene rings is 1. The fraction of sp³-hybridized carbons (Fsp3) is 0.143. The molecule has 0 aliphatic rings. The SMILES string of the molecule is CC(NC(=O)c1sccc1Br)c1ccc2[nH]c(=O)[nH]c2c1. The number of fused-ring (bicyclic) bond motifs is 1. The molecule has 0 saturated carbocycles. The van der Waals surface area contributed by atoms with Crippen molar-refractivity contribution in [3.05, 3.63) is 55.0 Å². The minimum absolute atomic E-state index is 0.118. The van der Waals surface area contributed by atoms with Crippen LogP contribution >= 0.6 is 27.3 Å². The molecule has 3 aromatic rings. The zero-order valence-electron chi connectivity index (χ0n) is 11.1. The average Bonchev–Trinajstić information content (AvgIpc) is 3.02. The van der Waals surface area contributed by atoms with E-state index in [-0.39, 0.29) is 17.6 Å². The van der Waals surface area contributed by atoms with Crippen LogP contribution in [0.4, 0.5) is 0 Å². The van der Waals surface area contributed by atoms with Gasteiger partial charge in [0.15, 0.2) is 0 Å². The van der Waals surface area contributed by atoms with Crippen LogP contribution in [0, 0.1) is 0 Å². The number of aromatic nitrogens is 2. The molecule has 0 bridgehead atoms. The van der Waals surface area contributed by atoms with E-state index in [1.165, 1.54) is 11.3 Å². The summed E-state index contributed by atoms with van der Waals surface area (Å²) in [5, 5.41) is 4.81. The van der Waals surface area contributed by atoms with Gasteiger partial charge in [0.2, 0.25) is 0 Å². The third kappa shape index (κ3) is 2.79. The number of hydrogen-bond donors (Lipinski definition) is 3. The number of imidazole rings is 1. The van der Waals surface area contributed by atoms with Crippen LogP contribution in [0.15, 0.2) is 38.9 Å². The van der Waals surface area contributed by atoms with E-state index in [4.69, 9.17) is 0 Å². The molecule has 1 atom stereocenters. The zero-order chi connectivity index (χ0) is 15.0. The van der Waals surface area contributed by atoms with Crippen LogP contribution in [0.2, 0.25) is 0 Å². The predicted molar refractivity (Wildman–Crippen MR) is 86.8 cm³/mol. The summed E-state index contributed by atoms with van der Waals surface area (Å²) in [5.74, 6) is -0.118. The summed E-state index contributed by atoms with van der Waals surface area (Å²) in [7, 11) is 0. The summed E-state index contributed by atoms with van der Waals surface area (Å²) in [6.45, 7) is 1.91. The van der Waals surface area contributed by atoms with E-state index in [1.807, 2.05) is 36.6 Å². The number of rotatable bonds is 3. The second kappa shape index (κ2) is 5.50. The normalized spacial score (nSPS) is 12.5. The molecule has 108 valence electrons. The van der Waals surface area contributed by atoms with Crippen LogP contribution in [0.25, 0.3) is 11.0 Å². The zero-order valence-corrected chi connectivity index (χ0v) is 13.5. The molecule has 0 aliphatic carbocycles. The van der Waals surface area contributed by atoms with Gasteiger partial charge < -0.3 is 15.3 Å². The van der Waals surface area contributed by atoms with E-state index in [1.54, 1.807) is 0 Å². The third-order valence-corrected chi connectivity index (χ3v) is 5.05. The van der Waals surface area contributed by atoms with Gasteiger partial charge in [0.25, 0.3) is 5.91 Å². The summed E-state index contributed by atoms with van der Waals surface area (Å²) < 4.78 is 0.794. The van der Waals surface area contributed by atoms with Crippen molar-refractivity contribution in [3.63, 3.8) is 0 Å². The fourth-order valence-corrected chi connectivity index (χ4v) is 3.58. The van der Waals surface area contributed by atoms with E-state index >= 15 is 0 Å². The molecule has 0 radical (unpaired) electrons. The van der Waals surface area contributed by atoms with Crippen molar-refractivity contribution < 1.29 is 4.79 Å². The highest BCUT2D eigenvalue weighted by molar-refractivity contribution is 9.10. The highest BCUT2D eigenvalue weighted by atomic mass is 79.9. The predicted octanol–water partition coefficient (Wildman–Crippen LogP) is 3.17. The van der Waals surface area contributed by atoms with Crippen LogP contribution in [0.1, 0.15) is 28.2 Å². The van der Waals surface area contributed by atoms with Gasteiger partial charge in [-0.1, -0.05) is 6.07 Å². The maximum absolute atomic E-state index is 12.2. The van der Waals surface area contributed by atoms with Gasteiger partial charge in [-0.3, -0.25) is 4.79 Å². The average molecular weight is 366 g/mol. The van der Waals surface area contributed by atoms with E-state index in [0.717, 1.165) is 21.1 Å². The first-order valence-electron chi connectivity index (χ1n) is 6.30. The van der Waals surface area contributed by atoms with Crippen molar-refractivity contribution in [1.82, 2.24) is 15.3 Å². The van der Waals surface area contributed by atoms with Crippen LogP contribution in [0.3, 0.4) is 0 Å². The number of carbonyl (C=O) groups is 1. The van der Waals surface area contributed by atoms with Gasteiger partial charge >= 0.3 is 5.69 Å². The van der Waals surface area contributed by atoms with Crippen LogP contribution in [0.5, 0.6) is 0 Å². The Morgan fingerprint density at radius 3 is 2.76 bits per heavy atom. The Kier molecular flexibility index (Phi) is 3.69. The van der Waals surface area contributed by atoms with E-state index in [0.29, 0.717) is 4.88 Å². The molecule has 0 spiro atoms. The number of amides is 1. The lowest BCUT2D eigenvalue weighted by molar-refractivity contribution is 0.0943. The minimum Gasteiger partial charge on any atom is -0.345 e. The molecule has 2 heterocycles. The topological polar surface area (TPSA) is 77.8 Å². The first kappa shape index (κ1) is 14.1. The molecular formula is C14H12BrN3O2S. The van der Waals surface area contributed by atoms with Crippen molar-refractivity contribution in [1.29, 1.82) is 0 Å². The molecule has 1 unspecified atom stereocenters. The molecule has 2 aromatic heterocycles. The number of H-pyrrole nitrogens is 2. The van der Waals surface area contributed by atoms with Crippen LogP contribution < -0.4 is 11.0 Å². The number of carbonyl (C=O) groups excluding carboxylic acids is 1. The second-order valence-electron chi connectivity index (χ2n) is 4.68. The Hall–Kier alpha value is -1.86. The quantitative estimate of drug-likeness (QED) is 0.666. The number of benzene rings is 1. The largest absolute Gasteiger partial charge is 0.345 e. The lowest BCUT2D eigenvalue weighted by Crippen LogP contribution is -2.26. The van der Waals surface area contributed by atoms with Gasteiger partial charge in [-0.25, -0.2) is 4.79 Å². The first-order valence-corrected chi connectivity index (χ1v) is 7.97. The van der Waals surface area contributed by atoms with Crippen molar-refractivity contribution in [2.24, 2.45) is 0 Å². The number of aromatic amines is 2. The smallest absolute Gasteiger partial charge is 0.323 e. The lowest BCUT2D eigenvalue weighted by atomic mass is 10.1. The maximum Gasteiger partial charge on any atom is 0.323 e. The number of hydrogen-bond acceptors (Lipinski definition) is 3. The Bertz CT molecular complexity index is 864. The molecule has 7 heteroatoms. The van der Waals surface area contributed by atoms with Gasteiger partial charge in [0, 0.05) is 4.47 Å². The molecule has 0 fully saturated rings. The molecule has 21 heavy (non-hydrogen) atoms. The standard InChI is InChI=1S/C14H12BrN3O2S/c1-7(16-13(19)12-9(15)4-5-21-12)8-2-3-10-11(6-8)18-14(20)17-10/h2-7H,1H3,(H,16,19)(H2,17,18,20). The minimum atomic E-state index is -0.235. The third-order valence-electron chi connectivity index (χ3n) is 3.21. The Labute approximate surface area is 132 Å². The Balaban J connectivity index is 1.83. The molecule has 5 nitrogen and oxygen atoms in total. The molecule has 0 saturated heterocycles. The summed E-state index contributed by atoms with van der Waals surface area (Å²) in [6.07, 6.45) is 0. The van der Waals surface area contributed by atoms with Gasteiger partial charge in [0.1, 0.15) is 4.88 Å². The van der Waals surface area contributed by atoms with Crippen LogP contribution in [-0.4, -0.2) is 15.9 Å². The monoisotopic (exact) mass is 365 g/mol. The van der Waals surface area contributed by atoms with E-state index in [2.05, 4.69) is 31.2 Å². The van der Waals surface area contributed by atoms with E-state index < -0.39 is 0 Å². The second-order valence-corrected chi connectivity index (χ2v) is 6.45. The summed E-state index contributed by atoms with van der Waals surface area (Å²) in [6, 6.07) is 7.27. The Morgan fingerprint density at radius 1 is 1.29 bits per heavy atom. The molecule has 3 N–H and O–H groups in total. The van der Waals surface area contributed by atoms with Gasteiger partial charge in [-0.2, -0.15) is 0 Å². The molecule has 1 amide bonds. The lowest BCUT2D eigenvalue weighted by Gasteiger charge is -2.14. The summed E-state index contributed by atoms with van der Waals surface area (Å²) in [5.41, 5.74) is 2.18. The van der Waals surface area contributed by atoms with Crippen molar-refractivity contribution >= 4 is 44.2 Å². The highest BCUT2D eigenvalue weighted by Crippen LogP contribution is 2.24. The highest BCUT2D eigenvalue weighted by Gasteiger charge is 2.15. The molecular weight excluding hydrogens is 354 g/mol. The number of nitrogens with one attached hydrogen (secondary N) is 3. The fourth-order valence-electron chi connectivity index (χ4n) is 2.12. The summed E-state index contributed by atoms with van der Waals surface area (Å²) >= 11 is 4.74. The maximum atomic E-state index is 12.2. The van der Waals surface area contributed by atoms with Crippen molar-refractivity contribution in [3.8, 4) is 0 Å². The molecule has 0 aliphatic heterocycles. The Morgan fingerprint density at radius 2 is 2.05 bits per heavy atom. The van der Waals surface area contributed by atoms with Gasteiger partial charge in [0.05, 0.1) is 17.1 Å². The first-order chi connectivity index (χ1) is 10.0. The van der Waals surface area contributed by atoms with Crippen molar-refractivity contribution in [2.75, 3.05) is 0 Å². The van der Waals surface area contributed by atoms with Crippen LogP contribution in [-0.2, 0) is 0 Å². The van der Waals surface area contributed by atoms with E-state index in [9.17, 15) is 9.59 Å². The van der Waals surface area contributed by atoms with Crippen molar-refractivity contribution in [2.45, 2.75) is 13.0 Å². The summed E-state index contributed by atoms with van der Waals surface area (Å²) in [4.78, 5) is 29.5. The molecule has 3 rings (SSSR count). The molecule has 1 aromatic carbocycles.